The summed E-state index contributed by atoms with van der Waals surface area (Å²) in [6, 6.07) is 19.9. The fraction of sp³-hybridized carbons (Fsp3) is 0.174. The van der Waals surface area contributed by atoms with Gasteiger partial charge in [-0.3, -0.25) is 14.9 Å². The number of hydrogen-bond donors (Lipinski definition) is 1. The largest absolute Gasteiger partial charge is 0.454 e. The molecule has 3 aromatic rings. The Hall–Kier alpha value is -4.07. The molecule has 0 fully saturated rings. The Balaban J connectivity index is 1.58. The molecule has 31 heavy (non-hydrogen) atoms. The number of amides is 1. The van der Waals surface area contributed by atoms with Crippen molar-refractivity contribution in [3.8, 4) is 11.5 Å². The number of para-hydroxylation sites is 1. The van der Waals surface area contributed by atoms with Crippen LogP contribution in [0.5, 0.6) is 11.5 Å². The van der Waals surface area contributed by atoms with Crippen molar-refractivity contribution in [2.24, 2.45) is 0 Å². The highest BCUT2D eigenvalue weighted by molar-refractivity contribution is 6.01. The maximum absolute atomic E-state index is 13.4. The topological polar surface area (TPSA) is 93.9 Å². The summed E-state index contributed by atoms with van der Waals surface area (Å²) in [5.74, 6) is 0.577. The van der Waals surface area contributed by atoms with Crippen LogP contribution in [0.4, 0.5) is 11.4 Å². The Morgan fingerprint density at radius 3 is 2.52 bits per heavy atom. The van der Waals surface area contributed by atoms with Crippen LogP contribution in [0, 0.1) is 10.1 Å². The van der Waals surface area contributed by atoms with E-state index in [4.69, 9.17) is 9.47 Å². The Morgan fingerprint density at radius 1 is 1.03 bits per heavy atom. The van der Waals surface area contributed by atoms with Crippen LogP contribution >= 0.6 is 0 Å². The summed E-state index contributed by atoms with van der Waals surface area (Å²) in [4.78, 5) is 26.4. The third kappa shape index (κ3) is 3.42. The van der Waals surface area contributed by atoms with Gasteiger partial charge in [-0.2, -0.15) is 0 Å². The van der Waals surface area contributed by atoms with Gasteiger partial charge in [0.15, 0.2) is 11.5 Å². The summed E-state index contributed by atoms with van der Waals surface area (Å²) in [5, 5.41) is 15.2. The standard InChI is InChI=1S/C23H19N3O5/c27-23-16-8-4-5-9-18(16)24-22(25(23)11-10-15-6-2-1-3-7-15)17-12-20-21(31-14-30-20)13-19(17)26(28)29/h1-9,12-13,22,24H,10-11,14H2/t22-/m0/s1. The van der Waals surface area contributed by atoms with Crippen molar-refractivity contribution in [1.82, 2.24) is 4.90 Å². The normalized spacial score (nSPS) is 16.6. The number of anilines is 1. The van der Waals surface area contributed by atoms with E-state index in [1.165, 1.54) is 6.07 Å². The lowest BCUT2D eigenvalue weighted by Gasteiger charge is -2.38. The molecule has 2 heterocycles. The van der Waals surface area contributed by atoms with E-state index in [-0.39, 0.29) is 18.4 Å². The van der Waals surface area contributed by atoms with E-state index in [1.54, 1.807) is 29.2 Å². The van der Waals surface area contributed by atoms with Gasteiger partial charge < -0.3 is 19.7 Å². The monoisotopic (exact) mass is 417 g/mol. The molecule has 8 heteroatoms. The minimum Gasteiger partial charge on any atom is -0.454 e. The third-order valence-corrected chi connectivity index (χ3v) is 5.52. The highest BCUT2D eigenvalue weighted by atomic mass is 16.7. The molecule has 8 nitrogen and oxygen atoms in total. The minimum absolute atomic E-state index is 0.00746. The summed E-state index contributed by atoms with van der Waals surface area (Å²) < 4.78 is 10.8. The molecule has 2 aliphatic rings. The molecule has 0 spiro atoms. The lowest BCUT2D eigenvalue weighted by molar-refractivity contribution is -0.385. The number of nitro groups is 1. The zero-order valence-corrected chi connectivity index (χ0v) is 16.5. The molecule has 0 saturated carbocycles. The summed E-state index contributed by atoms with van der Waals surface area (Å²) in [5.41, 5.74) is 2.48. The van der Waals surface area contributed by atoms with Gasteiger partial charge in [0.2, 0.25) is 6.79 Å². The molecule has 1 N–H and O–H groups in total. The summed E-state index contributed by atoms with van der Waals surface area (Å²) >= 11 is 0. The molecule has 0 radical (unpaired) electrons. The molecule has 0 unspecified atom stereocenters. The third-order valence-electron chi connectivity index (χ3n) is 5.52. The van der Waals surface area contributed by atoms with E-state index in [0.29, 0.717) is 41.3 Å². The average molecular weight is 417 g/mol. The molecule has 0 bridgehead atoms. The fourth-order valence-corrected chi connectivity index (χ4v) is 3.99. The molecule has 0 saturated heterocycles. The highest BCUT2D eigenvalue weighted by Gasteiger charge is 2.37. The van der Waals surface area contributed by atoms with Gasteiger partial charge >= 0.3 is 0 Å². The summed E-state index contributed by atoms with van der Waals surface area (Å²) in [6.07, 6.45) is -0.105. The van der Waals surface area contributed by atoms with Crippen LogP contribution in [0.25, 0.3) is 0 Å². The smallest absolute Gasteiger partial charge is 0.280 e. The van der Waals surface area contributed by atoms with E-state index in [1.807, 2.05) is 36.4 Å². The van der Waals surface area contributed by atoms with E-state index >= 15 is 0 Å². The lowest BCUT2D eigenvalue weighted by atomic mass is 10.0. The van der Waals surface area contributed by atoms with Crippen LogP contribution in [0.1, 0.15) is 27.7 Å². The number of nitrogens with zero attached hydrogens (tertiary/aromatic N) is 2. The maximum Gasteiger partial charge on any atom is 0.280 e. The first kappa shape index (κ1) is 18.9. The van der Waals surface area contributed by atoms with Gasteiger partial charge in [-0.1, -0.05) is 42.5 Å². The van der Waals surface area contributed by atoms with Crippen LogP contribution in [0.2, 0.25) is 0 Å². The van der Waals surface area contributed by atoms with Gasteiger partial charge in [-0.05, 0) is 30.2 Å². The van der Waals surface area contributed by atoms with Gasteiger partial charge in [-0.25, -0.2) is 0 Å². The number of carbonyl (C=O) groups excluding carboxylic acids is 1. The molecule has 0 aliphatic carbocycles. The predicted octanol–water partition coefficient (Wildman–Crippen LogP) is 4.13. The fourth-order valence-electron chi connectivity index (χ4n) is 3.99. The number of rotatable bonds is 5. The van der Waals surface area contributed by atoms with E-state index < -0.39 is 11.1 Å². The summed E-state index contributed by atoms with van der Waals surface area (Å²) in [7, 11) is 0. The molecule has 1 atom stereocenters. The Labute approximate surface area is 178 Å². The second-order valence-electron chi connectivity index (χ2n) is 7.35. The van der Waals surface area contributed by atoms with Gasteiger partial charge in [-0.15, -0.1) is 0 Å². The zero-order chi connectivity index (χ0) is 21.4. The van der Waals surface area contributed by atoms with Crippen molar-refractivity contribution in [2.75, 3.05) is 18.7 Å². The van der Waals surface area contributed by atoms with Crippen molar-refractivity contribution in [1.29, 1.82) is 0 Å². The second kappa shape index (κ2) is 7.64. The van der Waals surface area contributed by atoms with Crippen molar-refractivity contribution in [2.45, 2.75) is 12.6 Å². The molecule has 5 rings (SSSR count). The number of nitro benzene ring substituents is 1. The first-order chi connectivity index (χ1) is 15.1. The molecule has 156 valence electrons. The van der Waals surface area contributed by atoms with Crippen LogP contribution in [0.15, 0.2) is 66.7 Å². The first-order valence-electron chi connectivity index (χ1n) is 9.90. The number of ether oxygens (including phenoxy) is 2. The van der Waals surface area contributed by atoms with E-state index in [9.17, 15) is 14.9 Å². The molecule has 0 aromatic heterocycles. The number of hydrogen-bond acceptors (Lipinski definition) is 6. The minimum atomic E-state index is -0.721. The van der Waals surface area contributed by atoms with Crippen molar-refractivity contribution >= 4 is 17.3 Å². The molecule has 2 aliphatic heterocycles. The van der Waals surface area contributed by atoms with E-state index in [2.05, 4.69) is 5.32 Å². The number of benzene rings is 3. The highest BCUT2D eigenvalue weighted by Crippen LogP contribution is 2.43. The SMILES string of the molecule is O=C1c2ccccc2N[C@H](c2cc3c(cc2[N+](=O)[O-])OCO3)N1CCc1ccccc1. The van der Waals surface area contributed by atoms with Crippen LogP contribution in [-0.2, 0) is 6.42 Å². The molecular formula is C23H19N3O5. The zero-order valence-electron chi connectivity index (χ0n) is 16.5. The Kier molecular flexibility index (Phi) is 4.66. The predicted molar refractivity (Wildman–Crippen MR) is 113 cm³/mol. The number of fused-ring (bicyclic) bond motifs is 2. The second-order valence-corrected chi connectivity index (χ2v) is 7.35. The maximum atomic E-state index is 13.4. The quantitative estimate of drug-likeness (QED) is 0.496. The Morgan fingerprint density at radius 2 is 1.74 bits per heavy atom. The Bertz CT molecular complexity index is 1170. The van der Waals surface area contributed by atoms with Gasteiger partial charge in [0, 0.05) is 12.2 Å². The number of carbonyl (C=O) groups is 1. The van der Waals surface area contributed by atoms with Crippen LogP contribution in [0.3, 0.4) is 0 Å². The lowest BCUT2D eigenvalue weighted by Crippen LogP contribution is -2.44. The number of nitrogens with one attached hydrogen (secondary N) is 1. The molecule has 1 amide bonds. The van der Waals surface area contributed by atoms with E-state index in [0.717, 1.165) is 5.56 Å². The van der Waals surface area contributed by atoms with Gasteiger partial charge in [0.1, 0.15) is 6.17 Å². The first-order valence-corrected chi connectivity index (χ1v) is 9.90. The van der Waals surface area contributed by atoms with Crippen molar-refractivity contribution in [3.05, 3.63) is 93.5 Å². The van der Waals surface area contributed by atoms with Crippen LogP contribution < -0.4 is 14.8 Å². The molecule has 3 aromatic carbocycles. The van der Waals surface area contributed by atoms with Crippen molar-refractivity contribution in [3.63, 3.8) is 0 Å². The van der Waals surface area contributed by atoms with Crippen LogP contribution in [-0.4, -0.2) is 29.1 Å². The molecular weight excluding hydrogens is 398 g/mol. The average Bonchev–Trinajstić information content (AvgIpc) is 3.26. The van der Waals surface area contributed by atoms with Gasteiger partial charge in [0.25, 0.3) is 11.6 Å². The van der Waals surface area contributed by atoms with Gasteiger partial charge in [0.05, 0.1) is 22.1 Å². The summed E-state index contributed by atoms with van der Waals surface area (Å²) in [6.45, 7) is 0.397. The van der Waals surface area contributed by atoms with Crippen molar-refractivity contribution < 1.29 is 19.2 Å².